The minimum absolute atomic E-state index is 0.136. The molecular weight excluding hydrogens is 352 g/mol. The number of methoxy groups -OCH3 is 1. The Morgan fingerprint density at radius 3 is 2.44 bits per heavy atom. The molecule has 140 valence electrons. The molecule has 1 N–H and O–H groups in total. The molecule has 27 heavy (non-hydrogen) atoms. The summed E-state index contributed by atoms with van der Waals surface area (Å²) >= 11 is 0. The van der Waals surface area contributed by atoms with Crippen LogP contribution in [0.25, 0.3) is 0 Å². The number of esters is 2. The first kappa shape index (κ1) is 19.7. The lowest BCUT2D eigenvalue weighted by Crippen LogP contribution is -2.32. The molecule has 1 aliphatic heterocycles. The van der Waals surface area contributed by atoms with Gasteiger partial charge in [0.25, 0.3) is 5.69 Å². The van der Waals surface area contributed by atoms with Gasteiger partial charge in [0.05, 0.1) is 29.1 Å². The van der Waals surface area contributed by atoms with Crippen molar-refractivity contribution in [2.75, 3.05) is 13.7 Å². The SMILES string of the molecule is C#CCOC(=O)C1=C(C)NC(C)=C(C(=O)OC)C1c1cccc([N+](=O)[O-])c1. The largest absolute Gasteiger partial charge is 0.466 e. The number of hydrogen-bond acceptors (Lipinski definition) is 7. The number of terminal acetylenes is 1. The molecule has 2 rings (SSSR count). The number of nitro benzene ring substituents is 1. The number of rotatable bonds is 5. The van der Waals surface area contributed by atoms with Crippen molar-refractivity contribution >= 4 is 17.6 Å². The minimum Gasteiger partial charge on any atom is -0.466 e. The lowest BCUT2D eigenvalue weighted by atomic mass is 9.80. The van der Waals surface area contributed by atoms with Gasteiger partial charge in [0, 0.05) is 23.5 Å². The van der Waals surface area contributed by atoms with Crippen molar-refractivity contribution in [3.8, 4) is 12.3 Å². The van der Waals surface area contributed by atoms with Crippen molar-refractivity contribution in [3.05, 3.63) is 62.5 Å². The maximum atomic E-state index is 12.6. The Morgan fingerprint density at radius 1 is 1.26 bits per heavy atom. The van der Waals surface area contributed by atoms with Crippen LogP contribution in [0.2, 0.25) is 0 Å². The molecule has 8 nitrogen and oxygen atoms in total. The Morgan fingerprint density at radius 2 is 1.89 bits per heavy atom. The molecule has 0 spiro atoms. The van der Waals surface area contributed by atoms with Crippen LogP contribution in [0.4, 0.5) is 5.69 Å². The lowest BCUT2D eigenvalue weighted by molar-refractivity contribution is -0.384. The normalized spacial score (nSPS) is 16.3. The van der Waals surface area contributed by atoms with Gasteiger partial charge in [-0.15, -0.1) is 6.42 Å². The Hall–Kier alpha value is -3.60. The van der Waals surface area contributed by atoms with E-state index in [1.54, 1.807) is 19.9 Å². The quantitative estimate of drug-likeness (QED) is 0.366. The summed E-state index contributed by atoms with van der Waals surface area (Å²) in [6, 6.07) is 5.72. The van der Waals surface area contributed by atoms with Crippen LogP contribution in [0.3, 0.4) is 0 Å². The Balaban J connectivity index is 2.68. The van der Waals surface area contributed by atoms with E-state index in [1.165, 1.54) is 25.3 Å². The highest BCUT2D eigenvalue weighted by Crippen LogP contribution is 2.40. The van der Waals surface area contributed by atoms with E-state index in [0.717, 1.165) is 0 Å². The number of nitrogens with zero attached hydrogens (tertiary/aromatic N) is 1. The van der Waals surface area contributed by atoms with Crippen LogP contribution in [0.15, 0.2) is 46.8 Å². The number of carbonyl (C=O) groups is 2. The van der Waals surface area contributed by atoms with Crippen LogP contribution < -0.4 is 5.32 Å². The number of nitro groups is 1. The molecule has 0 aromatic heterocycles. The number of nitrogens with one attached hydrogen (secondary N) is 1. The average Bonchev–Trinajstić information content (AvgIpc) is 2.64. The Kier molecular flexibility index (Phi) is 5.98. The van der Waals surface area contributed by atoms with E-state index in [2.05, 4.69) is 11.2 Å². The molecule has 8 heteroatoms. The van der Waals surface area contributed by atoms with Crippen LogP contribution in [0.5, 0.6) is 0 Å². The van der Waals surface area contributed by atoms with Crippen LogP contribution in [-0.2, 0) is 19.1 Å². The van der Waals surface area contributed by atoms with E-state index < -0.39 is 22.8 Å². The second-order valence-corrected chi connectivity index (χ2v) is 5.76. The van der Waals surface area contributed by atoms with Gasteiger partial charge in [0.15, 0.2) is 6.61 Å². The molecule has 0 saturated carbocycles. The van der Waals surface area contributed by atoms with Gasteiger partial charge in [0.1, 0.15) is 0 Å². The van der Waals surface area contributed by atoms with E-state index in [0.29, 0.717) is 17.0 Å². The fourth-order valence-corrected chi connectivity index (χ4v) is 2.98. The van der Waals surface area contributed by atoms with Gasteiger partial charge >= 0.3 is 11.9 Å². The summed E-state index contributed by atoms with van der Waals surface area (Å²) in [4.78, 5) is 35.6. The molecule has 0 fully saturated rings. The highest BCUT2D eigenvalue weighted by Gasteiger charge is 2.38. The fourth-order valence-electron chi connectivity index (χ4n) is 2.98. The summed E-state index contributed by atoms with van der Waals surface area (Å²) < 4.78 is 9.90. The maximum absolute atomic E-state index is 12.6. The smallest absolute Gasteiger partial charge is 0.337 e. The highest BCUT2D eigenvalue weighted by atomic mass is 16.6. The van der Waals surface area contributed by atoms with E-state index in [4.69, 9.17) is 15.9 Å². The van der Waals surface area contributed by atoms with Crippen molar-refractivity contribution in [3.63, 3.8) is 0 Å². The highest BCUT2D eigenvalue weighted by molar-refractivity contribution is 5.99. The summed E-state index contributed by atoms with van der Waals surface area (Å²) in [6.07, 6.45) is 5.14. The average molecular weight is 370 g/mol. The summed E-state index contributed by atoms with van der Waals surface area (Å²) in [5, 5.41) is 14.1. The van der Waals surface area contributed by atoms with Gasteiger partial charge < -0.3 is 14.8 Å². The lowest BCUT2D eigenvalue weighted by Gasteiger charge is -2.30. The van der Waals surface area contributed by atoms with Crippen molar-refractivity contribution in [2.24, 2.45) is 0 Å². The summed E-state index contributed by atoms with van der Waals surface area (Å²) in [5.41, 5.74) is 1.45. The van der Waals surface area contributed by atoms with Crippen molar-refractivity contribution in [1.82, 2.24) is 5.32 Å². The van der Waals surface area contributed by atoms with E-state index in [9.17, 15) is 19.7 Å². The first-order valence-electron chi connectivity index (χ1n) is 7.93. The summed E-state index contributed by atoms with van der Waals surface area (Å²) in [6.45, 7) is 3.06. The zero-order valence-corrected chi connectivity index (χ0v) is 15.1. The molecule has 0 bridgehead atoms. The van der Waals surface area contributed by atoms with Crippen LogP contribution in [0, 0.1) is 22.5 Å². The number of ether oxygens (including phenoxy) is 2. The standard InChI is InChI=1S/C19H18N2O6/c1-5-9-27-19(23)16-12(3)20-11(2)15(18(22)26-4)17(16)13-7-6-8-14(10-13)21(24)25/h1,6-8,10,17,20H,9H2,2-4H3. The number of dihydropyridines is 1. The molecule has 1 aliphatic rings. The molecule has 0 radical (unpaired) electrons. The van der Waals surface area contributed by atoms with Crippen molar-refractivity contribution in [2.45, 2.75) is 19.8 Å². The van der Waals surface area contributed by atoms with E-state index >= 15 is 0 Å². The molecule has 1 aromatic carbocycles. The second kappa shape index (κ2) is 8.19. The van der Waals surface area contributed by atoms with Gasteiger partial charge in [0.2, 0.25) is 0 Å². The maximum Gasteiger partial charge on any atom is 0.337 e. The fraction of sp³-hybridized carbons (Fsp3) is 0.263. The number of hydrogen-bond donors (Lipinski definition) is 1. The summed E-state index contributed by atoms with van der Waals surface area (Å²) in [7, 11) is 1.22. The molecule has 0 saturated heterocycles. The predicted octanol–water partition coefficient (Wildman–Crippen LogP) is 2.18. The predicted molar refractivity (Wildman–Crippen MR) is 96.2 cm³/mol. The Bertz CT molecular complexity index is 907. The molecule has 1 heterocycles. The molecular formula is C19H18N2O6. The van der Waals surface area contributed by atoms with Gasteiger partial charge in [-0.3, -0.25) is 10.1 Å². The second-order valence-electron chi connectivity index (χ2n) is 5.76. The number of carbonyl (C=O) groups excluding carboxylic acids is 2. The first-order chi connectivity index (χ1) is 12.8. The molecule has 0 aliphatic carbocycles. The zero-order valence-electron chi connectivity index (χ0n) is 15.1. The molecule has 1 aromatic rings. The van der Waals surface area contributed by atoms with Crippen molar-refractivity contribution < 1.29 is 24.0 Å². The van der Waals surface area contributed by atoms with Crippen LogP contribution in [-0.4, -0.2) is 30.6 Å². The number of non-ortho nitro benzene ring substituents is 1. The third-order valence-corrected chi connectivity index (χ3v) is 4.09. The number of allylic oxidation sites excluding steroid dienone is 2. The van der Waals surface area contributed by atoms with Crippen LogP contribution >= 0.6 is 0 Å². The minimum atomic E-state index is -0.899. The Labute approximate surface area is 156 Å². The van der Waals surface area contributed by atoms with E-state index in [-0.39, 0.29) is 23.4 Å². The molecule has 0 amide bonds. The van der Waals surface area contributed by atoms with Gasteiger partial charge in [-0.2, -0.15) is 0 Å². The van der Waals surface area contributed by atoms with Gasteiger partial charge in [-0.25, -0.2) is 9.59 Å². The van der Waals surface area contributed by atoms with Gasteiger partial charge in [-0.05, 0) is 19.4 Å². The zero-order chi connectivity index (χ0) is 20.1. The van der Waals surface area contributed by atoms with Gasteiger partial charge in [-0.1, -0.05) is 18.1 Å². The van der Waals surface area contributed by atoms with E-state index in [1.807, 2.05) is 0 Å². The molecule has 1 unspecified atom stereocenters. The topological polar surface area (TPSA) is 108 Å². The van der Waals surface area contributed by atoms with Crippen LogP contribution in [0.1, 0.15) is 25.3 Å². The molecule has 1 atom stereocenters. The monoisotopic (exact) mass is 370 g/mol. The third kappa shape index (κ3) is 3.98. The third-order valence-electron chi connectivity index (χ3n) is 4.09. The van der Waals surface area contributed by atoms with Crippen molar-refractivity contribution in [1.29, 1.82) is 0 Å². The number of benzene rings is 1. The first-order valence-corrected chi connectivity index (χ1v) is 7.93. The summed E-state index contributed by atoms with van der Waals surface area (Å²) in [5.74, 6) is -0.0731.